The van der Waals surface area contributed by atoms with Gasteiger partial charge in [-0.15, -0.1) is 0 Å². The van der Waals surface area contributed by atoms with Crippen LogP contribution in [-0.2, 0) is 6.42 Å². The first-order valence-corrected chi connectivity index (χ1v) is 8.02. The SMILES string of the molecule is CCCCCc1ccc(C(=O)Oc2ccc(C=C(F)F)cc2)cc1. The summed E-state index contributed by atoms with van der Waals surface area (Å²) in [7, 11) is 0. The zero-order valence-electron chi connectivity index (χ0n) is 13.6. The molecule has 0 fully saturated rings. The Bertz CT molecular complexity index is 685. The molecule has 0 radical (unpaired) electrons. The molecule has 0 aliphatic heterocycles. The minimum Gasteiger partial charge on any atom is -0.423 e. The lowest BCUT2D eigenvalue weighted by Gasteiger charge is -2.06. The second-order valence-corrected chi connectivity index (χ2v) is 5.55. The van der Waals surface area contributed by atoms with Gasteiger partial charge in [0, 0.05) is 6.08 Å². The highest BCUT2D eigenvalue weighted by molar-refractivity contribution is 5.91. The molecule has 2 rings (SSSR count). The molecule has 126 valence electrons. The van der Waals surface area contributed by atoms with Crippen molar-refractivity contribution in [2.75, 3.05) is 0 Å². The van der Waals surface area contributed by atoms with Crippen LogP contribution < -0.4 is 4.74 Å². The topological polar surface area (TPSA) is 26.3 Å². The van der Waals surface area contributed by atoms with Gasteiger partial charge in [-0.1, -0.05) is 44.0 Å². The van der Waals surface area contributed by atoms with E-state index in [1.807, 2.05) is 12.1 Å². The molecular formula is C20H20F2O2. The third kappa shape index (κ3) is 5.61. The Morgan fingerprint density at radius 3 is 2.25 bits per heavy atom. The molecule has 0 aliphatic rings. The summed E-state index contributed by atoms with van der Waals surface area (Å²) in [6, 6.07) is 13.3. The van der Waals surface area contributed by atoms with E-state index in [-0.39, 0.29) is 0 Å². The number of rotatable bonds is 7. The van der Waals surface area contributed by atoms with Crippen molar-refractivity contribution in [3.05, 3.63) is 71.3 Å². The normalized spacial score (nSPS) is 10.3. The number of halogens is 2. The van der Waals surface area contributed by atoms with Crippen molar-refractivity contribution in [3.63, 3.8) is 0 Å². The molecule has 0 spiro atoms. The zero-order valence-corrected chi connectivity index (χ0v) is 13.6. The van der Waals surface area contributed by atoms with Crippen LogP contribution in [0, 0.1) is 0 Å². The van der Waals surface area contributed by atoms with Crippen LogP contribution in [0.2, 0.25) is 0 Å². The molecular weight excluding hydrogens is 310 g/mol. The molecule has 0 unspecified atom stereocenters. The maximum absolute atomic E-state index is 12.2. The van der Waals surface area contributed by atoms with Crippen molar-refractivity contribution >= 4 is 12.0 Å². The average molecular weight is 330 g/mol. The average Bonchev–Trinajstić information content (AvgIpc) is 2.57. The molecule has 0 saturated carbocycles. The Morgan fingerprint density at radius 2 is 1.67 bits per heavy atom. The summed E-state index contributed by atoms with van der Waals surface area (Å²) in [4.78, 5) is 12.1. The Kier molecular flexibility index (Phi) is 6.67. The first kappa shape index (κ1) is 17.9. The number of carbonyl (C=O) groups excluding carboxylic acids is 1. The molecule has 0 aromatic heterocycles. The van der Waals surface area contributed by atoms with E-state index in [1.165, 1.54) is 42.7 Å². The summed E-state index contributed by atoms with van der Waals surface area (Å²) in [5.74, 6) is -0.140. The fourth-order valence-corrected chi connectivity index (χ4v) is 2.31. The number of aryl methyl sites for hydroxylation is 1. The lowest BCUT2D eigenvalue weighted by atomic mass is 10.1. The van der Waals surface area contributed by atoms with Gasteiger partial charge in [0.05, 0.1) is 5.56 Å². The zero-order chi connectivity index (χ0) is 17.4. The van der Waals surface area contributed by atoms with Gasteiger partial charge in [-0.2, -0.15) is 8.78 Å². The summed E-state index contributed by atoms with van der Waals surface area (Å²) < 4.78 is 29.6. The molecule has 0 saturated heterocycles. The number of carbonyl (C=O) groups is 1. The van der Waals surface area contributed by atoms with Crippen LogP contribution in [0.4, 0.5) is 8.78 Å². The third-order valence-electron chi connectivity index (χ3n) is 3.63. The predicted octanol–water partition coefficient (Wildman–Crippen LogP) is 5.88. The van der Waals surface area contributed by atoms with Crippen molar-refractivity contribution in [3.8, 4) is 5.75 Å². The van der Waals surface area contributed by atoms with E-state index in [0.717, 1.165) is 18.9 Å². The minimum atomic E-state index is -1.77. The molecule has 0 aliphatic carbocycles. The summed E-state index contributed by atoms with van der Waals surface area (Å²) >= 11 is 0. The Labute approximate surface area is 140 Å². The summed E-state index contributed by atoms with van der Waals surface area (Å²) in [6.07, 6.45) is 3.50. The van der Waals surface area contributed by atoms with Gasteiger partial charge in [-0.3, -0.25) is 0 Å². The van der Waals surface area contributed by atoms with E-state index in [9.17, 15) is 13.6 Å². The van der Waals surface area contributed by atoms with Gasteiger partial charge >= 0.3 is 5.97 Å². The maximum Gasteiger partial charge on any atom is 0.343 e. The van der Waals surface area contributed by atoms with Gasteiger partial charge in [0.15, 0.2) is 0 Å². The highest BCUT2D eigenvalue weighted by atomic mass is 19.3. The third-order valence-corrected chi connectivity index (χ3v) is 3.63. The molecule has 24 heavy (non-hydrogen) atoms. The van der Waals surface area contributed by atoms with Crippen LogP contribution >= 0.6 is 0 Å². The highest BCUT2D eigenvalue weighted by Gasteiger charge is 2.08. The second-order valence-electron chi connectivity index (χ2n) is 5.55. The van der Waals surface area contributed by atoms with Crippen molar-refractivity contribution < 1.29 is 18.3 Å². The molecule has 0 atom stereocenters. The monoisotopic (exact) mass is 330 g/mol. The molecule has 2 aromatic carbocycles. The second kappa shape index (κ2) is 8.96. The van der Waals surface area contributed by atoms with E-state index < -0.39 is 12.0 Å². The number of benzene rings is 2. The number of ether oxygens (including phenoxy) is 1. The fourth-order valence-electron chi connectivity index (χ4n) is 2.31. The fraction of sp³-hybridized carbons (Fsp3) is 0.250. The van der Waals surface area contributed by atoms with Crippen LogP contribution in [0.5, 0.6) is 5.75 Å². The van der Waals surface area contributed by atoms with Gasteiger partial charge in [0.2, 0.25) is 0 Å². The summed E-state index contributed by atoms with van der Waals surface area (Å²) in [5.41, 5.74) is 2.02. The smallest absolute Gasteiger partial charge is 0.343 e. The summed E-state index contributed by atoms with van der Waals surface area (Å²) in [6.45, 7) is 2.16. The van der Waals surface area contributed by atoms with Gasteiger partial charge < -0.3 is 4.74 Å². The molecule has 2 aromatic rings. The minimum absolute atomic E-state index is 0.323. The van der Waals surface area contributed by atoms with Crippen LogP contribution in [0.15, 0.2) is 54.6 Å². The van der Waals surface area contributed by atoms with Crippen LogP contribution in [-0.4, -0.2) is 5.97 Å². The van der Waals surface area contributed by atoms with Crippen LogP contribution in [0.25, 0.3) is 6.08 Å². The lowest BCUT2D eigenvalue weighted by molar-refractivity contribution is 0.0734. The van der Waals surface area contributed by atoms with E-state index in [4.69, 9.17) is 4.74 Å². The van der Waals surface area contributed by atoms with E-state index in [1.54, 1.807) is 12.1 Å². The lowest BCUT2D eigenvalue weighted by Crippen LogP contribution is -2.08. The quantitative estimate of drug-likeness (QED) is 0.360. The Morgan fingerprint density at radius 1 is 1.00 bits per heavy atom. The van der Waals surface area contributed by atoms with Gasteiger partial charge in [0.25, 0.3) is 6.08 Å². The molecule has 0 heterocycles. The van der Waals surface area contributed by atoms with Gasteiger partial charge in [-0.05, 0) is 48.2 Å². The van der Waals surface area contributed by atoms with E-state index in [2.05, 4.69) is 6.92 Å². The first-order valence-electron chi connectivity index (χ1n) is 8.02. The van der Waals surface area contributed by atoms with Crippen molar-refractivity contribution in [2.45, 2.75) is 32.6 Å². The van der Waals surface area contributed by atoms with Crippen LogP contribution in [0.1, 0.15) is 47.7 Å². The summed E-state index contributed by atoms with van der Waals surface area (Å²) in [5, 5.41) is 0. The van der Waals surface area contributed by atoms with E-state index in [0.29, 0.717) is 16.9 Å². The highest BCUT2D eigenvalue weighted by Crippen LogP contribution is 2.17. The van der Waals surface area contributed by atoms with Gasteiger partial charge in [-0.25, -0.2) is 4.79 Å². The number of unbranched alkanes of at least 4 members (excludes halogenated alkanes) is 2. The van der Waals surface area contributed by atoms with E-state index >= 15 is 0 Å². The van der Waals surface area contributed by atoms with Crippen molar-refractivity contribution in [1.82, 2.24) is 0 Å². The first-order chi connectivity index (χ1) is 11.6. The Balaban J connectivity index is 1.95. The Hall–Kier alpha value is -2.49. The molecule has 0 amide bonds. The predicted molar refractivity (Wildman–Crippen MR) is 91.3 cm³/mol. The number of esters is 1. The van der Waals surface area contributed by atoms with Crippen molar-refractivity contribution in [1.29, 1.82) is 0 Å². The molecule has 4 heteroatoms. The van der Waals surface area contributed by atoms with Gasteiger partial charge in [0.1, 0.15) is 5.75 Å². The molecule has 0 N–H and O–H groups in total. The number of hydrogen-bond donors (Lipinski definition) is 0. The largest absolute Gasteiger partial charge is 0.423 e. The molecule has 0 bridgehead atoms. The molecule has 2 nitrogen and oxygen atoms in total. The van der Waals surface area contributed by atoms with Crippen molar-refractivity contribution in [2.24, 2.45) is 0 Å². The maximum atomic E-state index is 12.2. The number of hydrogen-bond acceptors (Lipinski definition) is 2. The van der Waals surface area contributed by atoms with Crippen LogP contribution in [0.3, 0.4) is 0 Å². The standard InChI is InChI=1S/C20H20F2O2/c1-2-3-4-5-15-6-10-17(11-7-15)20(23)24-18-12-8-16(9-13-18)14-19(21)22/h6-14H,2-5H2,1H3.